The van der Waals surface area contributed by atoms with E-state index in [0.717, 1.165) is 25.9 Å². The number of hydrogen-bond donors (Lipinski definition) is 1. The standard InChI is InChI=1S/C12H22N2O/c1-11(2)9(12(11,3)4)13-10(15)14-7-5-6-8-14/h9H,5-8H2,1-4H3,(H,13,15). The molecule has 2 rings (SSSR count). The van der Waals surface area contributed by atoms with E-state index in [1.807, 2.05) is 4.90 Å². The van der Waals surface area contributed by atoms with Gasteiger partial charge in [-0.2, -0.15) is 0 Å². The van der Waals surface area contributed by atoms with Crippen molar-refractivity contribution in [3.05, 3.63) is 0 Å². The number of amides is 2. The van der Waals surface area contributed by atoms with Gasteiger partial charge in [0, 0.05) is 19.1 Å². The Balaban J connectivity index is 1.91. The van der Waals surface area contributed by atoms with Crippen LogP contribution in [-0.2, 0) is 0 Å². The summed E-state index contributed by atoms with van der Waals surface area (Å²) in [6.07, 6.45) is 2.32. The molecule has 3 nitrogen and oxygen atoms in total. The minimum absolute atomic E-state index is 0.135. The normalized spacial score (nSPS) is 27.9. The van der Waals surface area contributed by atoms with Crippen molar-refractivity contribution in [2.75, 3.05) is 13.1 Å². The van der Waals surface area contributed by atoms with Crippen LogP contribution in [-0.4, -0.2) is 30.1 Å². The molecule has 0 radical (unpaired) electrons. The summed E-state index contributed by atoms with van der Waals surface area (Å²) in [6.45, 7) is 10.8. The number of carbonyl (C=O) groups is 1. The Kier molecular flexibility index (Phi) is 2.25. The Morgan fingerprint density at radius 2 is 1.60 bits per heavy atom. The summed E-state index contributed by atoms with van der Waals surface area (Å²) in [4.78, 5) is 13.8. The first-order valence-corrected chi connectivity index (χ1v) is 5.93. The van der Waals surface area contributed by atoms with Crippen LogP contribution < -0.4 is 5.32 Å². The van der Waals surface area contributed by atoms with E-state index in [4.69, 9.17) is 0 Å². The summed E-state index contributed by atoms with van der Waals surface area (Å²) in [7, 11) is 0. The Hall–Kier alpha value is -0.730. The van der Waals surface area contributed by atoms with Gasteiger partial charge in [-0.1, -0.05) is 27.7 Å². The first-order valence-electron chi connectivity index (χ1n) is 5.93. The van der Waals surface area contributed by atoms with Gasteiger partial charge in [0.2, 0.25) is 0 Å². The van der Waals surface area contributed by atoms with Gasteiger partial charge in [0.05, 0.1) is 0 Å². The molecule has 15 heavy (non-hydrogen) atoms. The highest BCUT2D eigenvalue weighted by atomic mass is 16.2. The highest BCUT2D eigenvalue weighted by Gasteiger charge is 2.65. The SMILES string of the molecule is CC1(C)C(NC(=O)N2CCCC2)C1(C)C. The second-order valence-electron chi connectivity index (χ2n) is 6.02. The van der Waals surface area contributed by atoms with Crippen molar-refractivity contribution in [1.29, 1.82) is 0 Å². The van der Waals surface area contributed by atoms with Gasteiger partial charge in [-0.05, 0) is 23.7 Å². The lowest BCUT2D eigenvalue weighted by atomic mass is 10.0. The lowest BCUT2D eigenvalue weighted by Gasteiger charge is -2.17. The van der Waals surface area contributed by atoms with E-state index in [1.54, 1.807) is 0 Å². The van der Waals surface area contributed by atoms with Gasteiger partial charge >= 0.3 is 6.03 Å². The minimum Gasteiger partial charge on any atom is -0.334 e. The van der Waals surface area contributed by atoms with E-state index in [2.05, 4.69) is 33.0 Å². The van der Waals surface area contributed by atoms with Crippen LogP contribution >= 0.6 is 0 Å². The largest absolute Gasteiger partial charge is 0.334 e. The number of nitrogens with zero attached hydrogens (tertiary/aromatic N) is 1. The van der Waals surface area contributed by atoms with Crippen LogP contribution in [0.5, 0.6) is 0 Å². The first kappa shape index (κ1) is 10.8. The van der Waals surface area contributed by atoms with Gasteiger partial charge in [-0.3, -0.25) is 0 Å². The third kappa shape index (κ3) is 1.52. The number of hydrogen-bond acceptors (Lipinski definition) is 1. The zero-order valence-corrected chi connectivity index (χ0v) is 10.3. The number of rotatable bonds is 1. The maximum absolute atomic E-state index is 11.9. The van der Waals surface area contributed by atoms with E-state index in [9.17, 15) is 4.79 Å². The van der Waals surface area contributed by atoms with E-state index in [-0.39, 0.29) is 16.9 Å². The Labute approximate surface area is 92.2 Å². The molecule has 86 valence electrons. The van der Waals surface area contributed by atoms with Crippen molar-refractivity contribution in [1.82, 2.24) is 10.2 Å². The quantitative estimate of drug-likeness (QED) is 0.707. The lowest BCUT2D eigenvalue weighted by molar-refractivity contribution is 0.206. The van der Waals surface area contributed by atoms with Gasteiger partial charge in [0.15, 0.2) is 0 Å². The molecule has 0 aromatic heterocycles. The lowest BCUT2D eigenvalue weighted by Crippen LogP contribution is -2.40. The summed E-state index contributed by atoms with van der Waals surface area (Å²) in [6, 6.07) is 0.467. The van der Waals surface area contributed by atoms with Crippen LogP contribution in [0.4, 0.5) is 4.79 Å². The first-order chi connectivity index (χ1) is 6.87. The molecule has 3 heteroatoms. The van der Waals surface area contributed by atoms with Crippen molar-refractivity contribution in [3.8, 4) is 0 Å². The molecule has 0 bridgehead atoms. The van der Waals surface area contributed by atoms with Gasteiger partial charge in [-0.25, -0.2) is 4.79 Å². The minimum atomic E-state index is 0.135. The molecule has 0 atom stereocenters. The van der Waals surface area contributed by atoms with Crippen molar-refractivity contribution in [2.45, 2.75) is 46.6 Å². The van der Waals surface area contributed by atoms with Crippen LogP contribution in [0.2, 0.25) is 0 Å². The molecule has 0 unspecified atom stereocenters. The van der Waals surface area contributed by atoms with Crippen molar-refractivity contribution >= 4 is 6.03 Å². The molecule has 1 heterocycles. The fourth-order valence-corrected chi connectivity index (χ4v) is 2.69. The second kappa shape index (κ2) is 3.13. The van der Waals surface area contributed by atoms with Gasteiger partial charge in [0.1, 0.15) is 0 Å². The van der Waals surface area contributed by atoms with Gasteiger partial charge in [-0.15, -0.1) is 0 Å². The fourth-order valence-electron chi connectivity index (χ4n) is 2.69. The second-order valence-corrected chi connectivity index (χ2v) is 6.02. The highest BCUT2D eigenvalue weighted by molar-refractivity contribution is 5.75. The van der Waals surface area contributed by atoms with Crippen LogP contribution in [0.15, 0.2) is 0 Å². The Morgan fingerprint density at radius 1 is 1.13 bits per heavy atom. The summed E-state index contributed by atoms with van der Waals surface area (Å²) in [5.74, 6) is 0. The molecule has 0 spiro atoms. The summed E-state index contributed by atoms with van der Waals surface area (Å²) >= 11 is 0. The zero-order chi connectivity index (χ0) is 11.3. The topological polar surface area (TPSA) is 32.3 Å². The predicted octanol–water partition coefficient (Wildman–Crippen LogP) is 2.23. The van der Waals surface area contributed by atoms with Crippen molar-refractivity contribution in [2.24, 2.45) is 10.8 Å². The molecule has 1 aliphatic carbocycles. The smallest absolute Gasteiger partial charge is 0.317 e. The number of urea groups is 1. The molecular formula is C12H22N2O. The highest BCUT2D eigenvalue weighted by Crippen LogP contribution is 2.62. The summed E-state index contributed by atoms with van der Waals surface area (Å²) < 4.78 is 0. The summed E-state index contributed by atoms with van der Waals surface area (Å²) in [5, 5.41) is 3.16. The molecular weight excluding hydrogens is 188 g/mol. The van der Waals surface area contributed by atoms with Crippen molar-refractivity contribution < 1.29 is 4.79 Å². The molecule has 1 saturated carbocycles. The fraction of sp³-hybridized carbons (Fsp3) is 0.917. The number of carbonyl (C=O) groups excluding carboxylic acids is 1. The Bertz CT molecular complexity index is 263. The third-order valence-electron chi connectivity index (χ3n) is 4.68. The van der Waals surface area contributed by atoms with Gasteiger partial charge in [0.25, 0.3) is 0 Å². The number of likely N-dealkylation sites (tertiary alicyclic amines) is 1. The van der Waals surface area contributed by atoms with Crippen molar-refractivity contribution in [3.63, 3.8) is 0 Å². The maximum atomic E-state index is 11.9. The van der Waals surface area contributed by atoms with E-state index >= 15 is 0 Å². The predicted molar refractivity (Wildman–Crippen MR) is 60.7 cm³/mol. The molecule has 0 aromatic rings. The molecule has 1 N–H and O–H groups in total. The third-order valence-corrected chi connectivity index (χ3v) is 4.68. The average molecular weight is 210 g/mol. The van der Waals surface area contributed by atoms with Crippen LogP contribution in [0.25, 0.3) is 0 Å². The molecule has 0 aromatic carbocycles. The molecule has 2 fully saturated rings. The van der Waals surface area contributed by atoms with Crippen LogP contribution in [0, 0.1) is 10.8 Å². The zero-order valence-electron chi connectivity index (χ0n) is 10.3. The molecule has 2 amide bonds. The number of nitrogens with one attached hydrogen (secondary N) is 1. The van der Waals surface area contributed by atoms with E-state index in [0.29, 0.717) is 6.04 Å². The maximum Gasteiger partial charge on any atom is 0.317 e. The molecule has 1 aliphatic heterocycles. The average Bonchev–Trinajstić information content (AvgIpc) is 2.65. The van der Waals surface area contributed by atoms with E-state index in [1.165, 1.54) is 0 Å². The summed E-state index contributed by atoms with van der Waals surface area (Å²) in [5.41, 5.74) is 0.477. The Morgan fingerprint density at radius 3 is 2.00 bits per heavy atom. The molecule has 2 aliphatic rings. The van der Waals surface area contributed by atoms with Crippen LogP contribution in [0.1, 0.15) is 40.5 Å². The molecule has 1 saturated heterocycles. The van der Waals surface area contributed by atoms with Crippen LogP contribution in [0.3, 0.4) is 0 Å². The van der Waals surface area contributed by atoms with E-state index < -0.39 is 0 Å². The monoisotopic (exact) mass is 210 g/mol. The van der Waals surface area contributed by atoms with Gasteiger partial charge < -0.3 is 10.2 Å².